The van der Waals surface area contributed by atoms with E-state index in [4.69, 9.17) is 4.74 Å². The van der Waals surface area contributed by atoms with Crippen molar-refractivity contribution >= 4 is 32.8 Å². The van der Waals surface area contributed by atoms with Crippen molar-refractivity contribution in [2.24, 2.45) is 0 Å². The van der Waals surface area contributed by atoms with Crippen molar-refractivity contribution in [2.45, 2.75) is 110 Å². The Balaban J connectivity index is 1.21. The van der Waals surface area contributed by atoms with Crippen LogP contribution in [-0.2, 0) is 22.7 Å². The zero-order chi connectivity index (χ0) is 49.3. The van der Waals surface area contributed by atoms with Gasteiger partial charge in [-0.25, -0.2) is 4.57 Å². The molecule has 2 unspecified atom stereocenters. The van der Waals surface area contributed by atoms with Crippen LogP contribution in [0.3, 0.4) is 0 Å². The van der Waals surface area contributed by atoms with Gasteiger partial charge in [0.05, 0.1) is 30.1 Å². The summed E-state index contributed by atoms with van der Waals surface area (Å²) in [5.74, 6) is 2.10. The van der Waals surface area contributed by atoms with Gasteiger partial charge in [0.1, 0.15) is 17.0 Å². The molecule has 1 aliphatic carbocycles. The number of ether oxygens (including phenoxy) is 1. The van der Waals surface area contributed by atoms with E-state index in [0.717, 1.165) is 41.4 Å². The van der Waals surface area contributed by atoms with Crippen LogP contribution in [0.25, 0.3) is 89.1 Å². The normalized spacial score (nSPS) is 15.5. The van der Waals surface area contributed by atoms with E-state index in [-0.39, 0.29) is 28.3 Å². The molecule has 1 aliphatic heterocycles. The second-order valence-electron chi connectivity index (χ2n) is 23.3. The number of hydrogen-bond donors (Lipinski definition) is 0. The van der Waals surface area contributed by atoms with E-state index in [1.807, 2.05) is 7.11 Å². The van der Waals surface area contributed by atoms with Gasteiger partial charge in [-0.1, -0.05) is 160 Å². The number of rotatable bonds is 6. The van der Waals surface area contributed by atoms with Crippen LogP contribution >= 0.6 is 0 Å². The third kappa shape index (κ3) is 7.09. The molecule has 2 atom stereocenters. The Morgan fingerprint density at radius 2 is 1.13 bits per heavy atom. The molecule has 0 amide bonds. The van der Waals surface area contributed by atoms with Crippen LogP contribution in [0.4, 0.5) is 0 Å². The zero-order valence-corrected chi connectivity index (χ0v) is 43.4. The van der Waals surface area contributed by atoms with Gasteiger partial charge in [-0.05, 0) is 105 Å². The van der Waals surface area contributed by atoms with E-state index in [1.165, 1.54) is 88.6 Å². The van der Waals surface area contributed by atoms with Crippen molar-refractivity contribution < 1.29 is 13.9 Å². The van der Waals surface area contributed by atoms with Crippen molar-refractivity contribution in [1.29, 1.82) is 0 Å². The summed E-state index contributed by atoms with van der Waals surface area (Å²) in [6.07, 6.45) is 4.29. The van der Waals surface area contributed by atoms with Crippen LogP contribution in [0.1, 0.15) is 110 Å². The number of methoxy groups -OCH3 is 1. The first-order valence-corrected chi connectivity index (χ1v) is 25.8. The summed E-state index contributed by atoms with van der Waals surface area (Å²) in [5.41, 5.74) is 20.8. The molecule has 2 bridgehead atoms. The van der Waals surface area contributed by atoms with Gasteiger partial charge in [-0.2, -0.15) is 9.13 Å². The van der Waals surface area contributed by atoms with Crippen LogP contribution in [-0.4, -0.2) is 16.2 Å². The first-order chi connectivity index (χ1) is 34.1. The highest BCUT2D eigenvalue weighted by Gasteiger charge is 2.56. The Bertz CT molecular complexity index is 3760. The minimum atomic E-state index is -0.171. The van der Waals surface area contributed by atoms with Crippen LogP contribution in [0.5, 0.6) is 5.75 Å². The number of para-hydroxylation sites is 5. The summed E-state index contributed by atoms with van der Waals surface area (Å²) in [6, 6.07) is 59.8. The van der Waals surface area contributed by atoms with Gasteiger partial charge < -0.3 is 9.30 Å². The van der Waals surface area contributed by atoms with Crippen molar-refractivity contribution in [1.82, 2.24) is 9.13 Å². The molecule has 2 aliphatic rings. The van der Waals surface area contributed by atoms with Crippen LogP contribution < -0.4 is 13.9 Å². The van der Waals surface area contributed by atoms with E-state index in [9.17, 15) is 0 Å². The number of aromatic nitrogens is 4. The molecule has 354 valence electrons. The average molecular weight is 931 g/mol. The lowest BCUT2D eigenvalue weighted by atomic mass is 9.78. The zero-order valence-electron chi connectivity index (χ0n) is 43.4. The van der Waals surface area contributed by atoms with E-state index in [2.05, 4.69) is 251 Å². The highest BCUT2D eigenvalue weighted by atomic mass is 16.5. The van der Waals surface area contributed by atoms with Crippen LogP contribution in [0.15, 0.2) is 164 Å². The van der Waals surface area contributed by atoms with Crippen LogP contribution in [0.2, 0.25) is 0 Å². The lowest BCUT2D eigenvalue weighted by molar-refractivity contribution is -0.743. The van der Waals surface area contributed by atoms with Gasteiger partial charge >= 0.3 is 0 Å². The number of nitrogens with zero attached hydrogens (tertiary/aromatic N) is 4. The highest BCUT2D eigenvalue weighted by Crippen LogP contribution is 2.51. The average Bonchev–Trinajstić information content (AvgIpc) is 3.96. The summed E-state index contributed by atoms with van der Waals surface area (Å²) in [7, 11) is 1.87. The Morgan fingerprint density at radius 1 is 0.535 bits per heavy atom. The quantitative estimate of drug-likeness (QED) is 0.153. The SMILES string of the molecule is CCc1c2cc(C(C)(C)C)cc1-c1cc(-c3cccc4c5ccccc5n(-c5ccccc5)c34)cc[n+]1C1CC1[n+]1c(-c3cc(C(C)(C)C)cc(C(C)(C)C)c3OC)n(-c3ccccc3)c3cccc-2c31. The topological polar surface area (TPSA) is 26.8 Å². The Kier molecular flexibility index (Phi) is 10.2. The third-order valence-electron chi connectivity index (χ3n) is 15.6. The Morgan fingerprint density at radius 3 is 1.80 bits per heavy atom. The van der Waals surface area contributed by atoms with Gasteiger partial charge in [0.15, 0.2) is 23.3 Å². The second-order valence-corrected chi connectivity index (χ2v) is 23.3. The molecule has 1 saturated carbocycles. The molecule has 3 aromatic heterocycles. The summed E-state index contributed by atoms with van der Waals surface area (Å²) in [5, 5.41) is 2.52. The van der Waals surface area contributed by atoms with Gasteiger partial charge in [0.2, 0.25) is 11.7 Å². The molecule has 10 aromatic rings. The molecule has 71 heavy (non-hydrogen) atoms. The molecule has 5 nitrogen and oxygen atoms in total. The first kappa shape index (κ1) is 44.9. The van der Waals surface area contributed by atoms with Gasteiger partial charge in [0.25, 0.3) is 5.82 Å². The minimum absolute atomic E-state index is 0.102. The van der Waals surface area contributed by atoms with Crippen molar-refractivity contribution in [3.05, 3.63) is 186 Å². The second kappa shape index (κ2) is 16.1. The molecule has 7 aromatic carbocycles. The molecule has 0 spiro atoms. The molecular formula is C66H66N4O+2. The number of fused-ring (bicyclic) bond motifs is 11. The fourth-order valence-electron chi connectivity index (χ4n) is 11.9. The molecule has 5 heteroatoms. The molecule has 0 N–H and O–H groups in total. The van der Waals surface area contributed by atoms with E-state index < -0.39 is 0 Å². The predicted molar refractivity (Wildman–Crippen MR) is 294 cm³/mol. The fourth-order valence-corrected chi connectivity index (χ4v) is 11.9. The molecule has 1 fully saturated rings. The summed E-state index contributed by atoms with van der Waals surface area (Å²) in [6.45, 7) is 23.4. The number of imidazole rings is 1. The summed E-state index contributed by atoms with van der Waals surface area (Å²) in [4.78, 5) is 0. The van der Waals surface area contributed by atoms with E-state index in [0.29, 0.717) is 0 Å². The summed E-state index contributed by atoms with van der Waals surface area (Å²) < 4.78 is 17.1. The maximum atomic E-state index is 6.70. The Labute approximate surface area is 419 Å². The Hall–Kier alpha value is -7.24. The monoisotopic (exact) mass is 931 g/mol. The van der Waals surface area contributed by atoms with Gasteiger partial charge in [0, 0.05) is 45.3 Å². The minimum Gasteiger partial charge on any atom is -0.495 e. The standard InChI is InChI=1S/C66H66N4O/c1-12-46-51-36-42(64(2,3)4)37-52(46)57-35-41(47-28-21-29-49-48-27-19-20-31-55(48)68(60(47)49)44-23-15-13-16-24-44)33-34-67(57)58-40-59(58)70-61-50(51)30-22-32-56(61)69(45-25-17-14-18-26-45)63(70)53-38-43(65(5,6)7)39-54(62(53)71-11)66(8,9)10/h13-39,58-59H,12,40H2,1-11H3/q+2. The van der Waals surface area contributed by atoms with Crippen molar-refractivity contribution in [3.63, 3.8) is 0 Å². The lowest BCUT2D eigenvalue weighted by Crippen LogP contribution is -2.43. The van der Waals surface area contributed by atoms with E-state index >= 15 is 0 Å². The molecule has 0 radical (unpaired) electrons. The molecule has 4 heterocycles. The van der Waals surface area contributed by atoms with Crippen LogP contribution in [0, 0.1) is 0 Å². The van der Waals surface area contributed by atoms with Crippen molar-refractivity contribution in [2.75, 3.05) is 7.11 Å². The largest absolute Gasteiger partial charge is 0.495 e. The van der Waals surface area contributed by atoms with Gasteiger partial charge in [-0.15, -0.1) is 0 Å². The maximum Gasteiger partial charge on any atom is 0.299 e. The first-order valence-electron chi connectivity index (χ1n) is 25.8. The summed E-state index contributed by atoms with van der Waals surface area (Å²) >= 11 is 0. The molecule has 12 rings (SSSR count). The number of hydrogen-bond acceptors (Lipinski definition) is 1. The number of benzene rings is 7. The van der Waals surface area contributed by atoms with Gasteiger partial charge in [-0.3, -0.25) is 0 Å². The third-order valence-corrected chi connectivity index (χ3v) is 15.6. The molecule has 0 saturated heterocycles. The fraction of sp³-hybridized carbons (Fsp3) is 0.273. The lowest BCUT2D eigenvalue weighted by Gasteiger charge is -2.28. The maximum absolute atomic E-state index is 6.70. The smallest absolute Gasteiger partial charge is 0.299 e. The predicted octanol–water partition coefficient (Wildman–Crippen LogP) is 15.9. The number of pyridine rings is 1. The molecular weight excluding hydrogens is 865 g/mol. The van der Waals surface area contributed by atoms with E-state index in [1.54, 1.807) is 0 Å². The highest BCUT2D eigenvalue weighted by molar-refractivity contribution is 6.14. The van der Waals surface area contributed by atoms with Crippen molar-refractivity contribution in [3.8, 4) is 62.0 Å².